The third-order valence-corrected chi connectivity index (χ3v) is 4.75. The Morgan fingerprint density at radius 1 is 1.04 bits per heavy atom. The number of methoxy groups -OCH3 is 1. The van der Waals surface area contributed by atoms with Gasteiger partial charge in [-0.05, 0) is 55.3 Å². The first kappa shape index (κ1) is 17.4. The second-order valence-corrected chi connectivity index (χ2v) is 6.50. The highest BCUT2D eigenvalue weighted by atomic mass is 16.5. The number of para-hydroxylation sites is 1. The van der Waals surface area contributed by atoms with Gasteiger partial charge in [-0.15, -0.1) is 0 Å². The van der Waals surface area contributed by atoms with Gasteiger partial charge in [0.2, 0.25) is 0 Å². The molecule has 2 aromatic carbocycles. The van der Waals surface area contributed by atoms with E-state index in [1.807, 2.05) is 24.4 Å². The van der Waals surface area contributed by atoms with E-state index in [-0.39, 0.29) is 0 Å². The van der Waals surface area contributed by atoms with Crippen molar-refractivity contribution in [1.82, 2.24) is 9.88 Å². The highest BCUT2D eigenvalue weighted by molar-refractivity contribution is 5.78. The minimum atomic E-state index is 0.463. The lowest BCUT2D eigenvalue weighted by Crippen LogP contribution is -2.34. The third-order valence-electron chi connectivity index (χ3n) is 4.75. The Hall–Kier alpha value is -2.39. The standard InChI is InChI=1S/C22H26N2O/c1-4-24(17(2)13-18-9-11-21(25-3)12-10-18)16-19-14-20-7-5-6-8-22(20)23-15-19/h5-12,14-15,17H,4,13,16H2,1-3H3. The Kier molecular flexibility index (Phi) is 5.67. The molecule has 0 fully saturated rings. The molecule has 3 aromatic rings. The van der Waals surface area contributed by atoms with E-state index in [9.17, 15) is 0 Å². The molecule has 0 amide bonds. The first-order valence-corrected chi connectivity index (χ1v) is 8.90. The van der Waals surface area contributed by atoms with Crippen LogP contribution < -0.4 is 4.74 Å². The summed E-state index contributed by atoms with van der Waals surface area (Å²) in [4.78, 5) is 7.09. The van der Waals surface area contributed by atoms with E-state index in [1.54, 1.807) is 7.11 Å². The van der Waals surface area contributed by atoms with Crippen LogP contribution in [-0.2, 0) is 13.0 Å². The van der Waals surface area contributed by atoms with Crippen LogP contribution in [0.2, 0.25) is 0 Å². The van der Waals surface area contributed by atoms with Crippen molar-refractivity contribution in [1.29, 1.82) is 0 Å². The van der Waals surface area contributed by atoms with Gasteiger partial charge in [0.05, 0.1) is 12.6 Å². The van der Waals surface area contributed by atoms with Crippen molar-refractivity contribution in [3.63, 3.8) is 0 Å². The van der Waals surface area contributed by atoms with E-state index in [4.69, 9.17) is 4.74 Å². The molecule has 25 heavy (non-hydrogen) atoms. The van der Waals surface area contributed by atoms with Crippen molar-refractivity contribution >= 4 is 10.9 Å². The average molecular weight is 334 g/mol. The van der Waals surface area contributed by atoms with Gasteiger partial charge < -0.3 is 4.74 Å². The zero-order chi connectivity index (χ0) is 17.6. The van der Waals surface area contributed by atoms with E-state index in [2.05, 4.69) is 60.1 Å². The number of hydrogen-bond acceptors (Lipinski definition) is 3. The summed E-state index contributed by atoms with van der Waals surface area (Å²) in [6.07, 6.45) is 3.03. The zero-order valence-corrected chi connectivity index (χ0v) is 15.3. The van der Waals surface area contributed by atoms with Crippen LogP contribution in [0.1, 0.15) is 25.0 Å². The molecule has 0 spiro atoms. The molecule has 1 unspecified atom stereocenters. The molecule has 1 aromatic heterocycles. The number of ether oxygens (including phenoxy) is 1. The molecule has 0 aliphatic rings. The van der Waals surface area contributed by atoms with Crippen LogP contribution >= 0.6 is 0 Å². The normalized spacial score (nSPS) is 12.5. The van der Waals surface area contributed by atoms with Crippen LogP contribution in [0.3, 0.4) is 0 Å². The monoisotopic (exact) mass is 334 g/mol. The van der Waals surface area contributed by atoms with Gasteiger partial charge in [0.15, 0.2) is 0 Å². The number of nitrogens with zero attached hydrogens (tertiary/aromatic N) is 2. The number of rotatable bonds is 7. The quantitative estimate of drug-likeness (QED) is 0.626. The first-order valence-electron chi connectivity index (χ1n) is 8.90. The molecule has 130 valence electrons. The van der Waals surface area contributed by atoms with Crippen molar-refractivity contribution in [2.75, 3.05) is 13.7 Å². The minimum Gasteiger partial charge on any atom is -0.497 e. The third kappa shape index (κ3) is 4.37. The van der Waals surface area contributed by atoms with Crippen molar-refractivity contribution in [2.45, 2.75) is 32.9 Å². The Labute approximate surface area is 150 Å². The average Bonchev–Trinajstić information content (AvgIpc) is 2.66. The van der Waals surface area contributed by atoms with E-state index in [0.29, 0.717) is 6.04 Å². The molecule has 0 bridgehead atoms. The first-order chi connectivity index (χ1) is 12.2. The van der Waals surface area contributed by atoms with Gasteiger partial charge in [0, 0.05) is 24.2 Å². The Morgan fingerprint density at radius 2 is 1.80 bits per heavy atom. The fraction of sp³-hybridized carbons (Fsp3) is 0.318. The predicted molar refractivity (Wildman–Crippen MR) is 104 cm³/mol. The summed E-state index contributed by atoms with van der Waals surface area (Å²) in [5, 5.41) is 1.21. The van der Waals surface area contributed by atoms with Gasteiger partial charge in [-0.2, -0.15) is 0 Å². The largest absolute Gasteiger partial charge is 0.497 e. The van der Waals surface area contributed by atoms with Crippen LogP contribution in [0.4, 0.5) is 0 Å². The van der Waals surface area contributed by atoms with Crippen LogP contribution in [0.15, 0.2) is 60.8 Å². The number of likely N-dealkylation sites (N-methyl/N-ethyl adjacent to an activating group) is 1. The van der Waals surface area contributed by atoms with Gasteiger partial charge in [-0.25, -0.2) is 0 Å². The number of fused-ring (bicyclic) bond motifs is 1. The molecule has 1 heterocycles. The highest BCUT2D eigenvalue weighted by Crippen LogP contribution is 2.18. The number of pyridine rings is 1. The molecule has 3 rings (SSSR count). The Balaban J connectivity index is 1.69. The number of aromatic nitrogens is 1. The summed E-state index contributed by atoms with van der Waals surface area (Å²) in [6, 6.07) is 19.4. The van der Waals surface area contributed by atoms with Gasteiger partial charge >= 0.3 is 0 Å². The fourth-order valence-corrected chi connectivity index (χ4v) is 3.25. The van der Waals surface area contributed by atoms with E-state index < -0.39 is 0 Å². The lowest BCUT2D eigenvalue weighted by molar-refractivity contribution is 0.209. The molecule has 3 nitrogen and oxygen atoms in total. The summed E-state index contributed by atoms with van der Waals surface area (Å²) in [7, 11) is 1.70. The molecule has 3 heteroatoms. The molecule has 0 aliphatic heterocycles. The van der Waals surface area contributed by atoms with Crippen LogP contribution in [0.25, 0.3) is 10.9 Å². The fourth-order valence-electron chi connectivity index (χ4n) is 3.25. The van der Waals surface area contributed by atoms with Gasteiger partial charge in [-0.1, -0.05) is 37.3 Å². The van der Waals surface area contributed by atoms with Crippen molar-refractivity contribution in [2.24, 2.45) is 0 Å². The summed E-state index contributed by atoms with van der Waals surface area (Å²) in [6.45, 7) is 6.46. The summed E-state index contributed by atoms with van der Waals surface area (Å²) < 4.78 is 5.24. The van der Waals surface area contributed by atoms with Crippen molar-refractivity contribution in [3.05, 3.63) is 71.9 Å². The number of benzene rings is 2. The summed E-state index contributed by atoms with van der Waals surface area (Å²) in [5.74, 6) is 0.908. The van der Waals surface area contributed by atoms with E-state index >= 15 is 0 Å². The van der Waals surface area contributed by atoms with Crippen molar-refractivity contribution < 1.29 is 4.74 Å². The maximum absolute atomic E-state index is 5.24. The molecular formula is C22H26N2O. The number of hydrogen-bond donors (Lipinski definition) is 0. The lowest BCUT2D eigenvalue weighted by Gasteiger charge is -2.28. The second kappa shape index (κ2) is 8.13. The molecule has 0 saturated carbocycles. The highest BCUT2D eigenvalue weighted by Gasteiger charge is 2.14. The Morgan fingerprint density at radius 3 is 2.52 bits per heavy atom. The summed E-state index contributed by atoms with van der Waals surface area (Å²) >= 11 is 0. The second-order valence-electron chi connectivity index (χ2n) is 6.50. The van der Waals surface area contributed by atoms with E-state index in [0.717, 1.165) is 30.8 Å². The lowest BCUT2D eigenvalue weighted by atomic mass is 10.0. The molecule has 0 aliphatic carbocycles. The van der Waals surface area contributed by atoms with Crippen LogP contribution in [0, 0.1) is 0 Å². The van der Waals surface area contributed by atoms with Gasteiger partial charge in [-0.3, -0.25) is 9.88 Å². The smallest absolute Gasteiger partial charge is 0.118 e. The van der Waals surface area contributed by atoms with Crippen LogP contribution in [-0.4, -0.2) is 29.6 Å². The Bertz CT molecular complexity index is 814. The zero-order valence-electron chi connectivity index (χ0n) is 15.3. The maximum Gasteiger partial charge on any atom is 0.118 e. The maximum atomic E-state index is 5.24. The van der Waals surface area contributed by atoms with Gasteiger partial charge in [0.1, 0.15) is 5.75 Å². The van der Waals surface area contributed by atoms with Gasteiger partial charge in [0.25, 0.3) is 0 Å². The molecule has 0 saturated heterocycles. The molecule has 0 radical (unpaired) electrons. The molecule has 1 atom stereocenters. The molecule has 0 N–H and O–H groups in total. The summed E-state index contributed by atoms with van der Waals surface area (Å²) in [5.41, 5.74) is 3.66. The minimum absolute atomic E-state index is 0.463. The van der Waals surface area contributed by atoms with E-state index in [1.165, 1.54) is 16.5 Å². The topological polar surface area (TPSA) is 25.4 Å². The SMILES string of the molecule is CCN(Cc1cnc2ccccc2c1)C(C)Cc1ccc(OC)cc1. The molecular weight excluding hydrogens is 308 g/mol. The predicted octanol–water partition coefficient (Wildman–Crippen LogP) is 4.70. The van der Waals surface area contributed by atoms with Crippen molar-refractivity contribution in [3.8, 4) is 5.75 Å². The van der Waals surface area contributed by atoms with Crippen LogP contribution in [0.5, 0.6) is 5.75 Å².